The first-order chi connectivity index (χ1) is 9.27. The third-order valence-corrected chi connectivity index (χ3v) is 3.56. The molecule has 3 rings (SSSR count). The Kier molecular flexibility index (Phi) is 3.21. The molecule has 0 fully saturated rings. The highest BCUT2D eigenvalue weighted by molar-refractivity contribution is 7.80. The van der Waals surface area contributed by atoms with Crippen LogP contribution in [0.25, 0.3) is 11.3 Å². The zero-order valence-corrected chi connectivity index (χ0v) is 11.4. The van der Waals surface area contributed by atoms with E-state index in [2.05, 4.69) is 22.5 Å². The van der Waals surface area contributed by atoms with Crippen LogP contribution in [-0.4, -0.2) is 21.4 Å². The second kappa shape index (κ2) is 5.01. The Morgan fingerprint density at radius 1 is 1.26 bits per heavy atom. The van der Waals surface area contributed by atoms with Gasteiger partial charge in [-0.25, -0.2) is 0 Å². The molecule has 0 radical (unpaired) electrons. The fourth-order valence-corrected chi connectivity index (χ4v) is 2.62. The van der Waals surface area contributed by atoms with Crippen molar-refractivity contribution in [2.75, 3.05) is 11.9 Å². The number of anilines is 1. The largest absolute Gasteiger partial charge is 0.374 e. The summed E-state index contributed by atoms with van der Waals surface area (Å²) in [5, 5.41) is 8.27. The van der Waals surface area contributed by atoms with Crippen LogP contribution in [0.4, 0.5) is 5.82 Å². The molecule has 1 aliphatic rings. The van der Waals surface area contributed by atoms with Crippen molar-refractivity contribution in [3.63, 3.8) is 0 Å². The molecule has 0 bridgehead atoms. The van der Waals surface area contributed by atoms with E-state index in [9.17, 15) is 0 Å². The van der Waals surface area contributed by atoms with Gasteiger partial charge in [0.25, 0.3) is 0 Å². The Morgan fingerprint density at radius 3 is 2.79 bits per heavy atom. The van der Waals surface area contributed by atoms with Crippen molar-refractivity contribution in [3.05, 3.63) is 35.9 Å². The number of fused-ring (bicyclic) bond motifs is 1. The van der Waals surface area contributed by atoms with E-state index in [-0.39, 0.29) is 5.11 Å². The van der Waals surface area contributed by atoms with Gasteiger partial charge in [0, 0.05) is 17.7 Å². The second-order valence-electron chi connectivity index (χ2n) is 4.68. The van der Waals surface area contributed by atoms with Crippen LogP contribution in [0.5, 0.6) is 0 Å². The molecule has 0 saturated carbocycles. The summed E-state index contributed by atoms with van der Waals surface area (Å²) in [4.78, 5) is 0. The highest BCUT2D eigenvalue weighted by Crippen LogP contribution is 2.31. The number of thiocarbonyl (C=S) groups is 1. The van der Waals surface area contributed by atoms with Crippen LogP contribution in [-0.2, 0) is 6.42 Å². The van der Waals surface area contributed by atoms with Crippen LogP contribution in [0, 0.1) is 0 Å². The lowest BCUT2D eigenvalue weighted by Gasteiger charge is -2.06. The van der Waals surface area contributed by atoms with E-state index in [1.807, 2.05) is 18.2 Å². The molecule has 98 valence electrons. The van der Waals surface area contributed by atoms with Crippen molar-refractivity contribution >= 4 is 23.1 Å². The molecule has 5 heteroatoms. The summed E-state index contributed by atoms with van der Waals surface area (Å²) in [5.74, 6) is 0.962. The standard InChI is InChI=1S/C14H16N4S/c15-14(19)18-13-11(8-4-5-9-16-13)12(17-18)10-6-2-1-3-7-10/h1-3,6-7,16H,4-5,8-9H2,(H2,15,19). The SMILES string of the molecule is NC(=S)n1nc(-c2ccccc2)c2c1NCCCC2. The van der Waals surface area contributed by atoms with Gasteiger partial charge in [0.1, 0.15) is 5.82 Å². The van der Waals surface area contributed by atoms with Gasteiger partial charge in [-0.1, -0.05) is 30.3 Å². The molecular weight excluding hydrogens is 256 g/mol. The normalized spacial score (nSPS) is 14.3. The summed E-state index contributed by atoms with van der Waals surface area (Å²) < 4.78 is 1.65. The van der Waals surface area contributed by atoms with Crippen molar-refractivity contribution in [1.29, 1.82) is 0 Å². The van der Waals surface area contributed by atoms with Gasteiger partial charge in [0.15, 0.2) is 5.11 Å². The predicted molar refractivity (Wildman–Crippen MR) is 81.3 cm³/mol. The zero-order chi connectivity index (χ0) is 13.2. The van der Waals surface area contributed by atoms with E-state index in [1.165, 1.54) is 5.56 Å². The molecule has 2 heterocycles. The van der Waals surface area contributed by atoms with Crippen LogP contribution in [0.1, 0.15) is 18.4 Å². The Balaban J connectivity index is 2.17. The van der Waals surface area contributed by atoms with Gasteiger partial charge >= 0.3 is 0 Å². The number of nitrogens with zero attached hydrogens (tertiary/aromatic N) is 2. The molecule has 0 aliphatic carbocycles. The van der Waals surface area contributed by atoms with Crippen LogP contribution < -0.4 is 11.1 Å². The molecule has 0 spiro atoms. The fourth-order valence-electron chi connectivity index (χ4n) is 2.49. The van der Waals surface area contributed by atoms with E-state index in [1.54, 1.807) is 4.68 Å². The van der Waals surface area contributed by atoms with Crippen LogP contribution in [0.2, 0.25) is 0 Å². The topological polar surface area (TPSA) is 55.9 Å². The fraction of sp³-hybridized carbons (Fsp3) is 0.286. The van der Waals surface area contributed by atoms with Crippen molar-refractivity contribution in [2.45, 2.75) is 19.3 Å². The van der Waals surface area contributed by atoms with E-state index in [0.29, 0.717) is 0 Å². The first-order valence-electron chi connectivity index (χ1n) is 6.48. The molecule has 19 heavy (non-hydrogen) atoms. The molecule has 0 saturated heterocycles. The van der Waals surface area contributed by atoms with Crippen molar-refractivity contribution in [1.82, 2.24) is 9.78 Å². The average Bonchev–Trinajstić information content (AvgIpc) is 2.62. The summed E-state index contributed by atoms with van der Waals surface area (Å²) in [5.41, 5.74) is 9.08. The highest BCUT2D eigenvalue weighted by atomic mass is 32.1. The minimum atomic E-state index is 0.285. The van der Waals surface area contributed by atoms with Crippen LogP contribution in [0.3, 0.4) is 0 Å². The Labute approximate surface area is 117 Å². The molecule has 2 aromatic rings. The lowest BCUT2D eigenvalue weighted by Crippen LogP contribution is -2.22. The molecule has 0 amide bonds. The van der Waals surface area contributed by atoms with Crippen LogP contribution >= 0.6 is 12.2 Å². The Hall–Kier alpha value is -1.88. The number of hydrogen-bond donors (Lipinski definition) is 2. The van der Waals surface area contributed by atoms with E-state index < -0.39 is 0 Å². The summed E-state index contributed by atoms with van der Waals surface area (Å²) in [7, 11) is 0. The maximum absolute atomic E-state index is 5.77. The van der Waals surface area contributed by atoms with Crippen molar-refractivity contribution in [2.24, 2.45) is 5.73 Å². The van der Waals surface area contributed by atoms with Gasteiger partial charge in [-0.05, 0) is 31.5 Å². The third-order valence-electron chi connectivity index (χ3n) is 3.39. The predicted octanol–water partition coefficient (Wildman–Crippen LogP) is 2.39. The quantitative estimate of drug-likeness (QED) is 0.783. The Bertz CT molecular complexity index is 603. The summed E-state index contributed by atoms with van der Waals surface area (Å²) in [6.07, 6.45) is 3.32. The van der Waals surface area contributed by atoms with E-state index in [4.69, 9.17) is 18.0 Å². The van der Waals surface area contributed by atoms with Crippen molar-refractivity contribution < 1.29 is 0 Å². The van der Waals surface area contributed by atoms with Crippen molar-refractivity contribution in [3.8, 4) is 11.3 Å². The third kappa shape index (κ3) is 2.21. The molecule has 4 nitrogen and oxygen atoms in total. The smallest absolute Gasteiger partial charge is 0.193 e. The highest BCUT2D eigenvalue weighted by Gasteiger charge is 2.21. The molecule has 0 atom stereocenters. The van der Waals surface area contributed by atoms with E-state index in [0.717, 1.165) is 42.9 Å². The lowest BCUT2D eigenvalue weighted by atomic mass is 10.0. The number of benzene rings is 1. The summed E-state index contributed by atoms with van der Waals surface area (Å²) >= 11 is 5.09. The van der Waals surface area contributed by atoms with E-state index >= 15 is 0 Å². The summed E-state index contributed by atoms with van der Waals surface area (Å²) in [6.45, 7) is 0.940. The number of aromatic nitrogens is 2. The minimum Gasteiger partial charge on any atom is -0.374 e. The molecule has 1 aromatic heterocycles. The molecule has 0 unspecified atom stereocenters. The van der Waals surface area contributed by atoms with Gasteiger partial charge in [-0.3, -0.25) is 0 Å². The van der Waals surface area contributed by atoms with Gasteiger partial charge < -0.3 is 11.1 Å². The van der Waals surface area contributed by atoms with Gasteiger partial charge in [0.2, 0.25) is 0 Å². The monoisotopic (exact) mass is 272 g/mol. The first-order valence-corrected chi connectivity index (χ1v) is 6.89. The Morgan fingerprint density at radius 2 is 2.05 bits per heavy atom. The molecule has 3 N–H and O–H groups in total. The molecular formula is C14H16N4S. The summed E-state index contributed by atoms with van der Waals surface area (Å²) in [6, 6.07) is 10.2. The number of hydrogen-bond acceptors (Lipinski definition) is 3. The van der Waals surface area contributed by atoms with Gasteiger partial charge in [-0.2, -0.15) is 9.78 Å². The van der Waals surface area contributed by atoms with Crippen LogP contribution in [0.15, 0.2) is 30.3 Å². The first kappa shape index (κ1) is 12.2. The second-order valence-corrected chi connectivity index (χ2v) is 5.09. The lowest BCUT2D eigenvalue weighted by molar-refractivity contribution is 0.782. The number of nitrogens with one attached hydrogen (secondary N) is 1. The minimum absolute atomic E-state index is 0.285. The zero-order valence-electron chi connectivity index (χ0n) is 10.6. The maximum Gasteiger partial charge on any atom is 0.193 e. The maximum atomic E-state index is 5.77. The van der Waals surface area contributed by atoms with Gasteiger partial charge in [0.05, 0.1) is 5.69 Å². The molecule has 1 aromatic carbocycles. The average molecular weight is 272 g/mol. The number of nitrogens with two attached hydrogens (primary N) is 1. The number of rotatable bonds is 1. The van der Waals surface area contributed by atoms with Gasteiger partial charge in [-0.15, -0.1) is 0 Å². The molecule has 1 aliphatic heterocycles.